The molecule has 2 aliphatic rings. The summed E-state index contributed by atoms with van der Waals surface area (Å²) in [4.78, 5) is 18.6. The fourth-order valence-electron chi connectivity index (χ4n) is 3.73. The van der Waals surface area contributed by atoms with Crippen LogP contribution in [0, 0.1) is 5.82 Å². The quantitative estimate of drug-likeness (QED) is 0.796. The number of benzene rings is 1. The fourth-order valence-corrected chi connectivity index (χ4v) is 3.73. The fraction of sp³-hybridized carbons (Fsp3) is 0.524. The molecule has 0 radical (unpaired) electrons. The average Bonchev–Trinajstić information content (AvgIpc) is 3.22. The Balaban J connectivity index is 1.56. The Bertz CT molecular complexity index is 929. The summed E-state index contributed by atoms with van der Waals surface area (Å²) in [6.45, 7) is 7.73. The number of halogens is 1. The van der Waals surface area contributed by atoms with E-state index in [4.69, 9.17) is 4.74 Å². The lowest BCUT2D eigenvalue weighted by Gasteiger charge is -2.31. The monoisotopic (exact) mass is 371 g/mol. The first-order chi connectivity index (χ1) is 12.9. The van der Waals surface area contributed by atoms with Gasteiger partial charge in [0.15, 0.2) is 0 Å². The molecule has 0 saturated heterocycles. The predicted molar refractivity (Wildman–Crippen MR) is 103 cm³/mol. The van der Waals surface area contributed by atoms with Gasteiger partial charge in [0.25, 0.3) is 0 Å². The van der Waals surface area contributed by atoms with Crippen LogP contribution in [0.3, 0.4) is 0 Å². The average molecular weight is 371 g/mol. The van der Waals surface area contributed by atoms with E-state index in [0.717, 1.165) is 48.2 Å². The number of carbonyl (C=O) groups is 1. The molecule has 2 aromatic rings. The van der Waals surface area contributed by atoms with E-state index in [-0.39, 0.29) is 11.9 Å². The van der Waals surface area contributed by atoms with Crippen molar-refractivity contribution in [2.24, 2.45) is 0 Å². The van der Waals surface area contributed by atoms with E-state index < -0.39 is 5.60 Å². The lowest BCUT2D eigenvalue weighted by molar-refractivity contribution is 0.0132. The van der Waals surface area contributed by atoms with E-state index in [2.05, 4.69) is 9.55 Å². The second kappa shape index (κ2) is 6.66. The van der Waals surface area contributed by atoms with Gasteiger partial charge in [-0.1, -0.05) is 13.0 Å². The van der Waals surface area contributed by atoms with E-state index >= 15 is 0 Å². The Morgan fingerprint density at radius 1 is 1.30 bits per heavy atom. The number of aromatic nitrogens is 2. The molecule has 6 heteroatoms. The maximum Gasteiger partial charge on any atom is 0.410 e. The van der Waals surface area contributed by atoms with Gasteiger partial charge in [0, 0.05) is 37.7 Å². The Morgan fingerprint density at radius 2 is 2.11 bits per heavy atom. The van der Waals surface area contributed by atoms with Crippen LogP contribution < -0.4 is 0 Å². The SMILES string of the molecule is CCC(C)(C)OC(=O)N1CC=C(c2cc3c(cc2F)nc2n3CCC2)CC1. The lowest BCUT2D eigenvalue weighted by atomic mass is 9.98. The zero-order valence-corrected chi connectivity index (χ0v) is 16.2. The first kappa shape index (κ1) is 18.0. The molecular weight excluding hydrogens is 345 g/mol. The van der Waals surface area contributed by atoms with Gasteiger partial charge in [-0.15, -0.1) is 0 Å². The topological polar surface area (TPSA) is 47.4 Å². The summed E-state index contributed by atoms with van der Waals surface area (Å²) in [7, 11) is 0. The van der Waals surface area contributed by atoms with Crippen LogP contribution in [0.5, 0.6) is 0 Å². The van der Waals surface area contributed by atoms with E-state index in [1.54, 1.807) is 11.0 Å². The van der Waals surface area contributed by atoms with Crippen molar-refractivity contribution in [1.82, 2.24) is 14.5 Å². The molecule has 0 fully saturated rings. The first-order valence-corrected chi connectivity index (χ1v) is 9.74. The van der Waals surface area contributed by atoms with Gasteiger partial charge in [-0.05, 0) is 44.7 Å². The second-order valence-electron chi connectivity index (χ2n) is 8.01. The van der Waals surface area contributed by atoms with Gasteiger partial charge in [-0.25, -0.2) is 14.2 Å². The summed E-state index contributed by atoms with van der Waals surface area (Å²) >= 11 is 0. The highest BCUT2D eigenvalue weighted by Crippen LogP contribution is 2.31. The summed E-state index contributed by atoms with van der Waals surface area (Å²) in [6.07, 6.45) is 5.06. The number of hydrogen-bond donors (Lipinski definition) is 0. The van der Waals surface area contributed by atoms with E-state index in [1.807, 2.05) is 32.9 Å². The number of imidazole rings is 1. The Hall–Kier alpha value is -2.37. The Morgan fingerprint density at radius 3 is 2.81 bits per heavy atom. The molecule has 1 aromatic carbocycles. The third-order valence-corrected chi connectivity index (χ3v) is 5.73. The lowest BCUT2D eigenvalue weighted by Crippen LogP contribution is -2.40. The van der Waals surface area contributed by atoms with Crippen LogP contribution in [0.1, 0.15) is 51.4 Å². The van der Waals surface area contributed by atoms with Gasteiger partial charge >= 0.3 is 6.09 Å². The maximum atomic E-state index is 14.7. The molecule has 5 nitrogen and oxygen atoms in total. The van der Waals surface area contributed by atoms with Crippen LogP contribution in [0.25, 0.3) is 16.6 Å². The molecule has 3 heterocycles. The van der Waals surface area contributed by atoms with Gasteiger partial charge in [-0.2, -0.15) is 0 Å². The first-order valence-electron chi connectivity index (χ1n) is 9.74. The van der Waals surface area contributed by atoms with Crippen LogP contribution in [-0.4, -0.2) is 39.2 Å². The molecule has 2 aliphatic heterocycles. The summed E-state index contributed by atoms with van der Waals surface area (Å²) in [6, 6.07) is 3.47. The molecule has 144 valence electrons. The molecule has 0 saturated carbocycles. The number of fused-ring (bicyclic) bond motifs is 3. The van der Waals surface area contributed by atoms with Crippen molar-refractivity contribution in [2.75, 3.05) is 13.1 Å². The normalized spacial score (nSPS) is 17.2. The Kier molecular flexibility index (Phi) is 4.44. The zero-order valence-electron chi connectivity index (χ0n) is 16.2. The molecule has 0 spiro atoms. The summed E-state index contributed by atoms with van der Waals surface area (Å²) in [5, 5.41) is 0. The highest BCUT2D eigenvalue weighted by atomic mass is 19.1. The van der Waals surface area contributed by atoms with Crippen LogP contribution in [0.15, 0.2) is 18.2 Å². The Labute approximate surface area is 158 Å². The van der Waals surface area contributed by atoms with Crippen LogP contribution in [-0.2, 0) is 17.7 Å². The maximum absolute atomic E-state index is 14.7. The molecule has 0 atom stereocenters. The number of carbonyl (C=O) groups excluding carboxylic acids is 1. The molecule has 4 rings (SSSR count). The van der Waals surface area contributed by atoms with Crippen molar-refractivity contribution < 1.29 is 13.9 Å². The van der Waals surface area contributed by atoms with Crippen LogP contribution in [0.2, 0.25) is 0 Å². The minimum absolute atomic E-state index is 0.242. The van der Waals surface area contributed by atoms with E-state index in [9.17, 15) is 9.18 Å². The predicted octanol–water partition coefficient (Wildman–Crippen LogP) is 4.54. The summed E-state index contributed by atoms with van der Waals surface area (Å²) in [5.41, 5.74) is 2.84. The standard InChI is InChI=1S/C21H26FN3O2/c1-4-21(2,3)27-20(26)24-10-7-14(8-11-24)15-12-18-17(13-16(15)22)23-19-6-5-9-25(18)19/h7,12-13H,4-6,8-11H2,1-3H3. The highest BCUT2D eigenvalue weighted by Gasteiger charge is 2.27. The largest absolute Gasteiger partial charge is 0.443 e. The van der Waals surface area contributed by atoms with Crippen molar-refractivity contribution in [2.45, 2.75) is 58.6 Å². The third kappa shape index (κ3) is 3.33. The number of ether oxygens (including phenoxy) is 1. The van der Waals surface area contributed by atoms with E-state index in [0.29, 0.717) is 25.1 Å². The third-order valence-electron chi connectivity index (χ3n) is 5.73. The molecular formula is C21H26FN3O2. The number of hydrogen-bond acceptors (Lipinski definition) is 3. The van der Waals surface area contributed by atoms with Gasteiger partial charge < -0.3 is 14.2 Å². The number of aryl methyl sites for hydroxylation is 2. The number of rotatable bonds is 3. The van der Waals surface area contributed by atoms with Crippen molar-refractivity contribution >= 4 is 22.7 Å². The number of nitrogens with zero attached hydrogens (tertiary/aromatic N) is 3. The number of amides is 1. The summed E-state index contributed by atoms with van der Waals surface area (Å²) < 4.78 is 22.4. The van der Waals surface area contributed by atoms with Crippen molar-refractivity contribution in [3.63, 3.8) is 0 Å². The molecule has 0 unspecified atom stereocenters. The van der Waals surface area contributed by atoms with Gasteiger partial charge in [0.05, 0.1) is 11.0 Å². The summed E-state index contributed by atoms with van der Waals surface area (Å²) in [5.74, 6) is 0.806. The molecule has 1 aromatic heterocycles. The molecule has 1 amide bonds. The zero-order chi connectivity index (χ0) is 19.2. The smallest absolute Gasteiger partial charge is 0.410 e. The van der Waals surface area contributed by atoms with Crippen LogP contribution >= 0.6 is 0 Å². The van der Waals surface area contributed by atoms with E-state index in [1.165, 1.54) is 0 Å². The molecule has 27 heavy (non-hydrogen) atoms. The minimum Gasteiger partial charge on any atom is -0.443 e. The van der Waals surface area contributed by atoms with Crippen molar-refractivity contribution in [3.8, 4) is 0 Å². The molecule has 0 aliphatic carbocycles. The molecule has 0 bridgehead atoms. The van der Waals surface area contributed by atoms with Crippen LogP contribution in [0.4, 0.5) is 9.18 Å². The molecule has 0 N–H and O–H groups in total. The van der Waals surface area contributed by atoms with Gasteiger partial charge in [0.2, 0.25) is 0 Å². The minimum atomic E-state index is -0.472. The van der Waals surface area contributed by atoms with Crippen molar-refractivity contribution in [3.05, 3.63) is 35.4 Å². The second-order valence-corrected chi connectivity index (χ2v) is 8.01. The van der Waals surface area contributed by atoms with Gasteiger partial charge in [-0.3, -0.25) is 0 Å². The van der Waals surface area contributed by atoms with Gasteiger partial charge in [0.1, 0.15) is 17.2 Å². The highest BCUT2D eigenvalue weighted by molar-refractivity contribution is 5.83. The van der Waals surface area contributed by atoms with Crippen molar-refractivity contribution in [1.29, 1.82) is 0 Å².